The van der Waals surface area contributed by atoms with E-state index in [0.717, 1.165) is 16.7 Å². The molecule has 1 aliphatic carbocycles. The molecule has 1 aromatic carbocycles. The van der Waals surface area contributed by atoms with E-state index in [1.807, 2.05) is 23.5 Å². The third kappa shape index (κ3) is 3.85. The number of alkyl halides is 3. The summed E-state index contributed by atoms with van der Waals surface area (Å²) in [6.07, 6.45) is -3.89. The number of allylic oxidation sites excluding steroid dienone is 1. The summed E-state index contributed by atoms with van der Waals surface area (Å²) in [5.74, 6) is -3.78. The molecule has 2 aliphatic rings. The van der Waals surface area contributed by atoms with E-state index in [1.54, 1.807) is 26.0 Å². The van der Waals surface area contributed by atoms with Crippen molar-refractivity contribution in [2.45, 2.75) is 44.8 Å². The van der Waals surface area contributed by atoms with Gasteiger partial charge in [0.15, 0.2) is 11.5 Å². The molecule has 6 nitrogen and oxygen atoms in total. The molecule has 0 fully saturated rings. The number of Topliss-reactive ketones (excluding diaryl/α,β-unsaturated/α-hetero) is 1. The molecule has 9 heteroatoms. The fourth-order valence-electron chi connectivity index (χ4n) is 4.59. The molecule has 2 aromatic rings. The van der Waals surface area contributed by atoms with Gasteiger partial charge in [-0.2, -0.15) is 13.2 Å². The van der Waals surface area contributed by atoms with Crippen LogP contribution in [0.4, 0.5) is 13.2 Å². The lowest BCUT2D eigenvalue weighted by Crippen LogP contribution is -2.66. The van der Waals surface area contributed by atoms with Gasteiger partial charge in [-0.25, -0.2) is 0 Å². The molecule has 1 aliphatic heterocycles. The Kier molecular flexibility index (Phi) is 5.46. The van der Waals surface area contributed by atoms with Gasteiger partial charge in [0, 0.05) is 18.7 Å². The molecule has 1 N–H and O–H groups in total. The lowest BCUT2D eigenvalue weighted by molar-refractivity contribution is -0.190. The normalized spacial score (nSPS) is 22.5. The number of carbonyl (C=O) groups excluding carboxylic acids is 3. The molecule has 0 bridgehead atoms. The Balaban J connectivity index is 1.81. The first kappa shape index (κ1) is 22.8. The predicted octanol–water partition coefficient (Wildman–Crippen LogP) is 4.04. The standard InChI is InChI=1S/C24H23F3N2O4/c1-22(2)13-16-19(17(30)14-22)23(24(25,26)27,28-20(31)18-9-6-12-33-18)21(32)29(16)11-10-15-7-4-3-5-8-15/h3-9,12H,10-11,13-14H2,1-2H3,(H,28,31). The molecule has 1 aromatic heterocycles. The highest BCUT2D eigenvalue weighted by Crippen LogP contribution is 2.51. The largest absolute Gasteiger partial charge is 0.459 e. The van der Waals surface area contributed by atoms with Crippen molar-refractivity contribution in [3.63, 3.8) is 0 Å². The van der Waals surface area contributed by atoms with E-state index in [9.17, 15) is 27.6 Å². The number of nitrogens with one attached hydrogen (secondary N) is 1. The second-order valence-electron chi connectivity index (χ2n) is 9.13. The SMILES string of the molecule is CC1(C)CC(=O)C2=C(C1)N(CCc1ccccc1)C(=O)C2(NC(=O)c1ccco1)C(F)(F)F. The van der Waals surface area contributed by atoms with E-state index >= 15 is 0 Å². The Hall–Kier alpha value is -3.36. The number of hydrogen-bond donors (Lipinski definition) is 1. The molecule has 0 radical (unpaired) electrons. The van der Waals surface area contributed by atoms with Gasteiger partial charge in [0.2, 0.25) is 5.54 Å². The minimum Gasteiger partial charge on any atom is -0.459 e. The van der Waals surface area contributed by atoms with Crippen LogP contribution in [0, 0.1) is 5.41 Å². The number of nitrogens with zero attached hydrogens (tertiary/aromatic N) is 1. The third-order valence-corrected chi connectivity index (χ3v) is 6.06. The van der Waals surface area contributed by atoms with Crippen LogP contribution in [-0.2, 0) is 16.0 Å². The number of carbonyl (C=O) groups is 3. The molecule has 174 valence electrons. The van der Waals surface area contributed by atoms with Gasteiger partial charge in [0.1, 0.15) is 0 Å². The summed E-state index contributed by atoms with van der Waals surface area (Å²) in [4.78, 5) is 40.2. The molecule has 33 heavy (non-hydrogen) atoms. The van der Waals surface area contributed by atoms with Crippen molar-refractivity contribution in [1.29, 1.82) is 0 Å². The first-order valence-electron chi connectivity index (χ1n) is 10.5. The molecular weight excluding hydrogens is 437 g/mol. The Morgan fingerprint density at radius 2 is 1.79 bits per heavy atom. The summed E-state index contributed by atoms with van der Waals surface area (Å²) in [6.45, 7) is 3.48. The highest BCUT2D eigenvalue weighted by Gasteiger charge is 2.71. The molecule has 1 unspecified atom stereocenters. The van der Waals surface area contributed by atoms with Crippen LogP contribution in [0.15, 0.2) is 64.4 Å². The van der Waals surface area contributed by atoms with Crippen molar-refractivity contribution in [3.05, 3.63) is 71.3 Å². The van der Waals surface area contributed by atoms with E-state index in [2.05, 4.69) is 0 Å². The average Bonchev–Trinajstić information content (AvgIpc) is 3.33. The summed E-state index contributed by atoms with van der Waals surface area (Å²) in [5.41, 5.74) is -3.93. The smallest absolute Gasteiger partial charge is 0.425 e. The van der Waals surface area contributed by atoms with Crippen LogP contribution >= 0.6 is 0 Å². The molecule has 0 spiro atoms. The van der Waals surface area contributed by atoms with E-state index in [0.29, 0.717) is 0 Å². The fourth-order valence-corrected chi connectivity index (χ4v) is 4.59. The van der Waals surface area contributed by atoms with Gasteiger partial charge >= 0.3 is 6.18 Å². The molecule has 0 saturated carbocycles. The zero-order valence-electron chi connectivity index (χ0n) is 18.2. The van der Waals surface area contributed by atoms with Gasteiger partial charge in [-0.15, -0.1) is 0 Å². The number of halogens is 3. The Morgan fingerprint density at radius 1 is 1.09 bits per heavy atom. The number of ketones is 1. The van der Waals surface area contributed by atoms with E-state index in [1.165, 1.54) is 12.1 Å². The second kappa shape index (κ2) is 7.90. The van der Waals surface area contributed by atoms with Crippen molar-refractivity contribution < 1.29 is 32.0 Å². The van der Waals surface area contributed by atoms with Crippen molar-refractivity contribution in [2.24, 2.45) is 5.41 Å². The summed E-state index contributed by atoms with van der Waals surface area (Å²) in [6, 6.07) is 11.5. The lowest BCUT2D eigenvalue weighted by atomic mass is 9.72. The maximum absolute atomic E-state index is 14.7. The molecule has 2 amide bonds. The first-order valence-corrected chi connectivity index (χ1v) is 10.5. The topological polar surface area (TPSA) is 79.6 Å². The number of benzene rings is 1. The van der Waals surface area contributed by atoms with Crippen molar-refractivity contribution >= 4 is 17.6 Å². The Labute approximate surface area is 188 Å². The summed E-state index contributed by atoms with van der Waals surface area (Å²) in [5, 5.41) is 1.84. The quantitative estimate of drug-likeness (QED) is 0.731. The van der Waals surface area contributed by atoms with Crippen LogP contribution in [0.5, 0.6) is 0 Å². The number of furan rings is 1. The summed E-state index contributed by atoms with van der Waals surface area (Å²) in [7, 11) is 0. The van der Waals surface area contributed by atoms with Crippen LogP contribution in [-0.4, -0.2) is 40.8 Å². The van der Waals surface area contributed by atoms with Crippen molar-refractivity contribution in [2.75, 3.05) is 6.54 Å². The molecule has 1 atom stereocenters. The van der Waals surface area contributed by atoms with Gasteiger partial charge in [-0.3, -0.25) is 14.4 Å². The van der Waals surface area contributed by atoms with E-state index in [4.69, 9.17) is 4.42 Å². The molecule has 2 heterocycles. The monoisotopic (exact) mass is 460 g/mol. The fraction of sp³-hybridized carbons (Fsp3) is 0.375. The van der Waals surface area contributed by atoms with Crippen molar-refractivity contribution in [3.8, 4) is 0 Å². The first-order chi connectivity index (χ1) is 15.5. The second-order valence-corrected chi connectivity index (χ2v) is 9.13. The van der Waals surface area contributed by atoms with Gasteiger partial charge in [0.05, 0.1) is 11.8 Å². The number of amides is 2. The lowest BCUT2D eigenvalue weighted by Gasteiger charge is -2.35. The zero-order valence-corrected chi connectivity index (χ0v) is 18.2. The molecular formula is C24H23F3N2O4. The van der Waals surface area contributed by atoms with Crippen LogP contribution in [0.1, 0.15) is 42.8 Å². The Bertz CT molecular complexity index is 1120. The van der Waals surface area contributed by atoms with Crippen molar-refractivity contribution in [1.82, 2.24) is 10.2 Å². The van der Waals surface area contributed by atoms with Crippen LogP contribution < -0.4 is 5.32 Å². The number of hydrogen-bond acceptors (Lipinski definition) is 4. The maximum Gasteiger partial charge on any atom is 0.425 e. The summed E-state index contributed by atoms with van der Waals surface area (Å²) >= 11 is 0. The minimum absolute atomic E-state index is 0.0225. The highest BCUT2D eigenvalue weighted by atomic mass is 19.4. The molecule has 4 rings (SSSR count). The Morgan fingerprint density at radius 3 is 2.39 bits per heavy atom. The van der Waals surface area contributed by atoms with Gasteiger partial charge in [0.25, 0.3) is 11.8 Å². The van der Waals surface area contributed by atoms with Crippen LogP contribution in [0.25, 0.3) is 0 Å². The predicted molar refractivity (Wildman–Crippen MR) is 112 cm³/mol. The summed E-state index contributed by atoms with van der Waals surface area (Å²) < 4.78 is 48.9. The van der Waals surface area contributed by atoms with Crippen LogP contribution in [0.3, 0.4) is 0 Å². The highest BCUT2D eigenvalue weighted by molar-refractivity contribution is 6.14. The van der Waals surface area contributed by atoms with Gasteiger partial charge in [-0.05, 0) is 36.0 Å². The zero-order chi connectivity index (χ0) is 24.0. The molecule has 0 saturated heterocycles. The number of rotatable bonds is 5. The van der Waals surface area contributed by atoms with E-state index in [-0.39, 0.29) is 37.3 Å². The minimum atomic E-state index is -5.24. The maximum atomic E-state index is 14.7. The average molecular weight is 460 g/mol. The van der Waals surface area contributed by atoms with Crippen LogP contribution in [0.2, 0.25) is 0 Å². The van der Waals surface area contributed by atoms with E-state index < -0.39 is 40.3 Å². The van der Waals surface area contributed by atoms with Gasteiger partial charge in [-0.1, -0.05) is 44.2 Å². The van der Waals surface area contributed by atoms with Gasteiger partial charge < -0.3 is 14.6 Å². The third-order valence-electron chi connectivity index (χ3n) is 6.06.